The van der Waals surface area contributed by atoms with Gasteiger partial charge in [0.2, 0.25) is 0 Å². The summed E-state index contributed by atoms with van der Waals surface area (Å²) in [5.74, 6) is 0. The minimum atomic E-state index is 0.545. The first kappa shape index (κ1) is 13.7. The minimum absolute atomic E-state index is 0.545. The smallest absolute Gasteiger partial charge is 0.133 e. The molecule has 0 unspecified atom stereocenters. The number of hydrogen-bond donors (Lipinski definition) is 1. The van der Waals surface area contributed by atoms with Gasteiger partial charge in [-0.2, -0.15) is 0 Å². The molecule has 1 fully saturated rings. The van der Waals surface area contributed by atoms with Crippen molar-refractivity contribution >= 4 is 6.29 Å². The average molecular weight is 235 g/mol. The van der Waals surface area contributed by atoms with Crippen molar-refractivity contribution in [3.63, 3.8) is 0 Å². The Morgan fingerprint density at radius 2 is 1.88 bits per heavy atom. The summed E-state index contributed by atoms with van der Waals surface area (Å²) in [6.45, 7) is 8.89. The number of nitrogens with two attached hydrogens (primary N) is 1. The van der Waals surface area contributed by atoms with Gasteiger partial charge in [0.05, 0.1) is 6.54 Å². The monoisotopic (exact) mass is 235 g/mol. The standard InChI is InChI=1S/C13H21N3O/c1-2-3-4-13(11-14)12-16-7-5-15(6-8-16)9-10-17/h2-4,10-11H,1,5-9,12,14H2/b4-3-,13-11+. The minimum Gasteiger partial charge on any atom is -0.404 e. The first-order chi connectivity index (χ1) is 8.30. The van der Waals surface area contributed by atoms with Crippen LogP contribution in [0.5, 0.6) is 0 Å². The van der Waals surface area contributed by atoms with Crippen molar-refractivity contribution in [2.24, 2.45) is 5.73 Å². The second kappa shape index (κ2) is 7.81. The lowest BCUT2D eigenvalue weighted by Crippen LogP contribution is -2.47. The second-order valence-corrected chi connectivity index (χ2v) is 4.08. The third-order valence-corrected chi connectivity index (χ3v) is 2.86. The Bertz CT molecular complexity index is 302. The average Bonchev–Trinajstić information content (AvgIpc) is 2.37. The molecule has 0 radical (unpaired) electrons. The molecule has 0 aromatic carbocycles. The van der Waals surface area contributed by atoms with E-state index in [0.29, 0.717) is 6.54 Å². The SMILES string of the molecule is C=C/C=C\C(=C/N)CN1CCN(CC=O)CC1. The van der Waals surface area contributed by atoms with Crippen LogP contribution in [0.1, 0.15) is 0 Å². The molecular formula is C13H21N3O. The van der Waals surface area contributed by atoms with E-state index in [4.69, 9.17) is 5.73 Å². The molecule has 1 rings (SSSR count). The highest BCUT2D eigenvalue weighted by Crippen LogP contribution is 2.05. The molecule has 17 heavy (non-hydrogen) atoms. The van der Waals surface area contributed by atoms with E-state index in [2.05, 4.69) is 16.4 Å². The lowest BCUT2D eigenvalue weighted by molar-refractivity contribution is -0.109. The van der Waals surface area contributed by atoms with Crippen molar-refractivity contribution < 1.29 is 4.79 Å². The maximum absolute atomic E-state index is 10.4. The number of rotatable bonds is 6. The number of nitrogens with zero attached hydrogens (tertiary/aromatic N) is 2. The topological polar surface area (TPSA) is 49.6 Å². The Hall–Kier alpha value is -1.39. The van der Waals surface area contributed by atoms with Crippen LogP contribution in [0.25, 0.3) is 0 Å². The van der Waals surface area contributed by atoms with Gasteiger partial charge >= 0.3 is 0 Å². The zero-order valence-electron chi connectivity index (χ0n) is 10.2. The molecule has 2 N–H and O–H groups in total. The Labute approximate surface area is 103 Å². The van der Waals surface area contributed by atoms with Gasteiger partial charge in [-0.3, -0.25) is 9.80 Å². The van der Waals surface area contributed by atoms with Gasteiger partial charge in [-0.15, -0.1) is 0 Å². The molecule has 94 valence electrons. The number of allylic oxidation sites excluding steroid dienone is 2. The molecule has 0 aromatic heterocycles. The normalized spacial score (nSPS) is 19.6. The van der Waals surface area contributed by atoms with E-state index in [-0.39, 0.29) is 0 Å². The maximum atomic E-state index is 10.4. The molecule has 0 bridgehead atoms. The Morgan fingerprint density at radius 3 is 2.41 bits per heavy atom. The lowest BCUT2D eigenvalue weighted by Gasteiger charge is -2.33. The van der Waals surface area contributed by atoms with Gasteiger partial charge in [-0.25, -0.2) is 0 Å². The van der Waals surface area contributed by atoms with Crippen molar-refractivity contribution in [3.05, 3.63) is 36.6 Å². The highest BCUT2D eigenvalue weighted by molar-refractivity contribution is 5.51. The lowest BCUT2D eigenvalue weighted by atomic mass is 10.2. The summed E-state index contributed by atoms with van der Waals surface area (Å²) in [5, 5.41) is 0. The molecular weight excluding hydrogens is 214 g/mol. The van der Waals surface area contributed by atoms with Crippen molar-refractivity contribution in [3.8, 4) is 0 Å². The van der Waals surface area contributed by atoms with Crippen LogP contribution in [0, 0.1) is 0 Å². The van der Waals surface area contributed by atoms with Crippen LogP contribution >= 0.6 is 0 Å². The van der Waals surface area contributed by atoms with Gasteiger partial charge in [0.1, 0.15) is 6.29 Å². The Morgan fingerprint density at radius 1 is 1.24 bits per heavy atom. The predicted octanol–water partition coefficient (Wildman–Crippen LogP) is 0.388. The first-order valence-corrected chi connectivity index (χ1v) is 5.88. The van der Waals surface area contributed by atoms with Crippen LogP contribution in [-0.2, 0) is 4.79 Å². The van der Waals surface area contributed by atoms with E-state index in [1.807, 2.05) is 12.2 Å². The number of aldehydes is 1. The number of hydrogen-bond acceptors (Lipinski definition) is 4. The van der Waals surface area contributed by atoms with Crippen LogP contribution in [0.2, 0.25) is 0 Å². The van der Waals surface area contributed by atoms with Crippen LogP contribution in [0.15, 0.2) is 36.6 Å². The van der Waals surface area contributed by atoms with Crippen LogP contribution < -0.4 is 5.73 Å². The van der Waals surface area contributed by atoms with E-state index in [0.717, 1.165) is 44.6 Å². The van der Waals surface area contributed by atoms with Gasteiger partial charge in [-0.1, -0.05) is 24.8 Å². The Kier molecular flexibility index (Phi) is 6.29. The molecule has 1 saturated heterocycles. The summed E-state index contributed by atoms with van der Waals surface area (Å²) in [6, 6.07) is 0. The highest BCUT2D eigenvalue weighted by Gasteiger charge is 2.16. The van der Waals surface area contributed by atoms with Crippen molar-refractivity contribution in [2.75, 3.05) is 39.3 Å². The molecule has 4 heteroatoms. The summed E-state index contributed by atoms with van der Waals surface area (Å²) in [4.78, 5) is 14.9. The van der Waals surface area contributed by atoms with E-state index >= 15 is 0 Å². The molecule has 4 nitrogen and oxygen atoms in total. The molecule has 1 aliphatic rings. The van der Waals surface area contributed by atoms with Crippen molar-refractivity contribution in [1.29, 1.82) is 0 Å². The molecule has 0 aromatic rings. The third kappa shape index (κ3) is 4.97. The summed E-state index contributed by atoms with van der Waals surface area (Å²) < 4.78 is 0. The molecule has 0 amide bonds. The van der Waals surface area contributed by atoms with Gasteiger partial charge in [0, 0.05) is 32.7 Å². The fraction of sp³-hybridized carbons (Fsp3) is 0.462. The van der Waals surface area contributed by atoms with Gasteiger partial charge < -0.3 is 10.5 Å². The second-order valence-electron chi connectivity index (χ2n) is 4.08. The number of carbonyl (C=O) groups excluding carboxylic acids is 1. The quantitative estimate of drug-likeness (QED) is 0.534. The molecule has 0 aliphatic carbocycles. The molecule has 0 spiro atoms. The number of piperazine rings is 1. The predicted molar refractivity (Wildman–Crippen MR) is 70.6 cm³/mol. The zero-order chi connectivity index (χ0) is 12.5. The van der Waals surface area contributed by atoms with E-state index in [9.17, 15) is 4.79 Å². The molecule has 0 saturated carbocycles. The van der Waals surface area contributed by atoms with Crippen LogP contribution in [0.3, 0.4) is 0 Å². The summed E-state index contributed by atoms with van der Waals surface area (Å²) in [7, 11) is 0. The van der Waals surface area contributed by atoms with Gasteiger partial charge in [-0.05, 0) is 11.8 Å². The molecule has 0 atom stereocenters. The third-order valence-electron chi connectivity index (χ3n) is 2.86. The number of carbonyl (C=O) groups is 1. The van der Waals surface area contributed by atoms with Gasteiger partial charge in [0.25, 0.3) is 0 Å². The van der Waals surface area contributed by atoms with E-state index in [1.165, 1.54) is 0 Å². The van der Waals surface area contributed by atoms with Crippen LogP contribution in [0.4, 0.5) is 0 Å². The summed E-state index contributed by atoms with van der Waals surface area (Å²) in [5.41, 5.74) is 6.67. The first-order valence-electron chi connectivity index (χ1n) is 5.88. The summed E-state index contributed by atoms with van der Waals surface area (Å²) in [6.07, 6.45) is 8.21. The van der Waals surface area contributed by atoms with Crippen molar-refractivity contribution in [2.45, 2.75) is 0 Å². The Balaban J connectivity index is 2.36. The van der Waals surface area contributed by atoms with Gasteiger partial charge in [0.15, 0.2) is 0 Å². The van der Waals surface area contributed by atoms with E-state index in [1.54, 1.807) is 12.3 Å². The fourth-order valence-corrected chi connectivity index (χ4v) is 1.85. The fourth-order valence-electron chi connectivity index (χ4n) is 1.85. The van der Waals surface area contributed by atoms with Crippen LogP contribution in [-0.4, -0.2) is 55.4 Å². The largest absolute Gasteiger partial charge is 0.404 e. The molecule has 1 aliphatic heterocycles. The maximum Gasteiger partial charge on any atom is 0.133 e. The van der Waals surface area contributed by atoms with E-state index < -0.39 is 0 Å². The highest BCUT2D eigenvalue weighted by atomic mass is 16.1. The zero-order valence-corrected chi connectivity index (χ0v) is 10.2. The summed E-state index contributed by atoms with van der Waals surface area (Å²) >= 11 is 0. The van der Waals surface area contributed by atoms with Crippen molar-refractivity contribution in [1.82, 2.24) is 9.80 Å². The molecule has 1 heterocycles.